The summed E-state index contributed by atoms with van der Waals surface area (Å²) in [5.74, 6) is -0.241. The quantitative estimate of drug-likeness (QED) is 0.326. The van der Waals surface area contributed by atoms with Crippen molar-refractivity contribution >= 4 is 33.9 Å². The van der Waals surface area contributed by atoms with Crippen molar-refractivity contribution < 1.29 is 9.42 Å². The summed E-state index contributed by atoms with van der Waals surface area (Å²) in [6, 6.07) is 7.52. The van der Waals surface area contributed by atoms with Crippen LogP contribution in [0.5, 0.6) is 0 Å². The van der Waals surface area contributed by atoms with E-state index in [1.807, 2.05) is 24.3 Å². The topological polar surface area (TPSA) is 140 Å². The van der Waals surface area contributed by atoms with Crippen molar-refractivity contribution in [2.45, 2.75) is 33.2 Å². The summed E-state index contributed by atoms with van der Waals surface area (Å²) in [6.07, 6.45) is 3.48. The molecule has 0 saturated carbocycles. The van der Waals surface area contributed by atoms with Crippen molar-refractivity contribution in [1.29, 1.82) is 0 Å². The standard InChI is InChI=1S/C19H24BrN9O2/c1-3-9-28(10-4-2)12-15-16(23-27-29(15)18-17(21)25-31-26-18)19(30)24-22-11-13-5-7-14(20)8-6-13/h5-8,11H,3-4,9-10,12H2,1-2H3,(H2,21,25)(H,24,30). The van der Waals surface area contributed by atoms with Gasteiger partial charge in [-0.05, 0) is 53.9 Å². The molecule has 0 spiro atoms. The van der Waals surface area contributed by atoms with Gasteiger partial charge >= 0.3 is 0 Å². The molecule has 12 heteroatoms. The second-order valence-corrected chi connectivity index (χ2v) is 7.71. The van der Waals surface area contributed by atoms with E-state index in [0.29, 0.717) is 12.2 Å². The molecule has 1 amide bonds. The van der Waals surface area contributed by atoms with E-state index < -0.39 is 5.91 Å². The van der Waals surface area contributed by atoms with Crippen molar-refractivity contribution in [3.63, 3.8) is 0 Å². The predicted octanol–water partition coefficient (Wildman–Crippen LogP) is 2.38. The summed E-state index contributed by atoms with van der Waals surface area (Å²) in [5, 5.41) is 19.5. The Bertz CT molecular complexity index is 1020. The summed E-state index contributed by atoms with van der Waals surface area (Å²) in [4.78, 5) is 15.0. The number of rotatable bonds is 10. The lowest BCUT2D eigenvalue weighted by molar-refractivity contribution is 0.0947. The van der Waals surface area contributed by atoms with Crippen LogP contribution < -0.4 is 11.2 Å². The number of hydrazone groups is 1. The van der Waals surface area contributed by atoms with Crippen LogP contribution in [-0.4, -0.2) is 55.4 Å². The van der Waals surface area contributed by atoms with Gasteiger partial charge in [-0.2, -0.15) is 9.78 Å². The van der Waals surface area contributed by atoms with E-state index in [0.717, 1.165) is 36.0 Å². The molecule has 0 bridgehead atoms. The Morgan fingerprint density at radius 1 is 1.26 bits per heavy atom. The van der Waals surface area contributed by atoms with Gasteiger partial charge < -0.3 is 5.73 Å². The van der Waals surface area contributed by atoms with Gasteiger partial charge in [0.15, 0.2) is 5.69 Å². The summed E-state index contributed by atoms with van der Waals surface area (Å²) in [6.45, 7) is 6.34. The summed E-state index contributed by atoms with van der Waals surface area (Å²) in [7, 11) is 0. The molecule has 11 nitrogen and oxygen atoms in total. The highest BCUT2D eigenvalue weighted by molar-refractivity contribution is 9.10. The van der Waals surface area contributed by atoms with Crippen molar-refractivity contribution in [1.82, 2.24) is 35.6 Å². The third-order valence-electron chi connectivity index (χ3n) is 4.38. The lowest BCUT2D eigenvalue weighted by Crippen LogP contribution is -2.28. The van der Waals surface area contributed by atoms with Crippen LogP contribution >= 0.6 is 15.9 Å². The second-order valence-electron chi connectivity index (χ2n) is 6.80. The second kappa shape index (κ2) is 10.8. The molecule has 0 aliphatic carbocycles. The zero-order chi connectivity index (χ0) is 22.2. The molecule has 3 N–H and O–H groups in total. The molecule has 0 aliphatic heterocycles. The van der Waals surface area contributed by atoms with Gasteiger partial charge in [-0.15, -0.1) is 5.10 Å². The molecular formula is C19H24BrN9O2. The SMILES string of the molecule is CCCN(CCC)Cc1c(C(=O)NN=Cc2ccc(Br)cc2)nnn1-c1nonc1N. The maximum Gasteiger partial charge on any atom is 0.293 e. The smallest absolute Gasteiger partial charge is 0.293 e. The largest absolute Gasteiger partial charge is 0.378 e. The molecular weight excluding hydrogens is 466 g/mol. The van der Waals surface area contributed by atoms with E-state index in [2.05, 4.69) is 65.8 Å². The number of nitrogens with zero attached hydrogens (tertiary/aromatic N) is 7. The van der Waals surface area contributed by atoms with Crippen molar-refractivity contribution in [2.75, 3.05) is 18.8 Å². The van der Waals surface area contributed by atoms with Crippen molar-refractivity contribution in [3.05, 3.63) is 45.7 Å². The zero-order valence-electron chi connectivity index (χ0n) is 17.3. The van der Waals surface area contributed by atoms with Crippen LogP contribution in [0.25, 0.3) is 5.82 Å². The van der Waals surface area contributed by atoms with Gasteiger partial charge in [0.25, 0.3) is 5.91 Å². The van der Waals surface area contributed by atoms with Gasteiger partial charge in [-0.1, -0.05) is 47.1 Å². The van der Waals surface area contributed by atoms with E-state index >= 15 is 0 Å². The first-order chi connectivity index (χ1) is 15.0. The van der Waals surface area contributed by atoms with E-state index in [4.69, 9.17) is 10.4 Å². The maximum atomic E-state index is 12.8. The maximum absolute atomic E-state index is 12.8. The first kappa shape index (κ1) is 22.6. The fraction of sp³-hybridized carbons (Fsp3) is 0.368. The van der Waals surface area contributed by atoms with E-state index in [1.54, 1.807) is 6.21 Å². The lowest BCUT2D eigenvalue weighted by atomic mass is 10.2. The first-order valence-corrected chi connectivity index (χ1v) is 10.7. The first-order valence-electron chi connectivity index (χ1n) is 9.87. The van der Waals surface area contributed by atoms with Gasteiger partial charge in [-0.25, -0.2) is 10.1 Å². The number of nitrogens with one attached hydrogen (secondary N) is 1. The van der Waals surface area contributed by atoms with Crippen LogP contribution in [0.15, 0.2) is 38.5 Å². The van der Waals surface area contributed by atoms with Gasteiger partial charge in [-0.3, -0.25) is 9.69 Å². The number of hydrogen-bond donors (Lipinski definition) is 2. The Hall–Kier alpha value is -3.12. The molecule has 2 heterocycles. The third-order valence-corrected chi connectivity index (χ3v) is 4.91. The molecule has 0 unspecified atom stereocenters. The Balaban J connectivity index is 1.86. The number of amides is 1. The Morgan fingerprint density at radius 2 is 1.97 bits per heavy atom. The number of anilines is 1. The van der Waals surface area contributed by atoms with E-state index in [1.165, 1.54) is 4.68 Å². The third kappa shape index (κ3) is 5.73. The summed E-state index contributed by atoms with van der Waals surface area (Å²) in [5.41, 5.74) is 9.84. The van der Waals surface area contributed by atoms with Crippen LogP contribution in [0.1, 0.15) is 48.4 Å². The minimum atomic E-state index is -0.488. The Morgan fingerprint density at radius 3 is 2.58 bits per heavy atom. The molecule has 0 atom stereocenters. The van der Waals surface area contributed by atoms with Crippen LogP contribution in [0.3, 0.4) is 0 Å². The number of aromatic nitrogens is 5. The van der Waals surface area contributed by atoms with Gasteiger partial charge in [0.1, 0.15) is 0 Å². The fourth-order valence-electron chi connectivity index (χ4n) is 3.01. The number of hydrogen-bond acceptors (Lipinski definition) is 9. The summed E-state index contributed by atoms with van der Waals surface area (Å²) < 4.78 is 7.04. The number of nitrogen functional groups attached to an aromatic ring is 1. The highest BCUT2D eigenvalue weighted by atomic mass is 79.9. The highest BCUT2D eigenvalue weighted by Crippen LogP contribution is 2.18. The van der Waals surface area contributed by atoms with Crippen LogP contribution in [0.2, 0.25) is 0 Å². The molecule has 1 aromatic carbocycles. The molecule has 164 valence electrons. The van der Waals surface area contributed by atoms with Crippen LogP contribution in [0.4, 0.5) is 5.82 Å². The Kier molecular flexibility index (Phi) is 7.84. The summed E-state index contributed by atoms with van der Waals surface area (Å²) >= 11 is 3.38. The monoisotopic (exact) mass is 489 g/mol. The Labute approximate surface area is 187 Å². The molecule has 3 aromatic rings. The van der Waals surface area contributed by atoms with E-state index in [-0.39, 0.29) is 17.3 Å². The number of nitrogens with two attached hydrogens (primary N) is 1. The predicted molar refractivity (Wildman–Crippen MR) is 119 cm³/mol. The number of benzene rings is 1. The molecule has 0 saturated heterocycles. The van der Waals surface area contributed by atoms with Crippen LogP contribution in [-0.2, 0) is 6.54 Å². The molecule has 3 rings (SSSR count). The zero-order valence-corrected chi connectivity index (χ0v) is 18.9. The van der Waals surface area contributed by atoms with E-state index in [9.17, 15) is 4.79 Å². The number of halogens is 1. The molecule has 0 fully saturated rings. The van der Waals surface area contributed by atoms with Gasteiger partial charge in [0.2, 0.25) is 11.6 Å². The molecule has 0 aliphatic rings. The average Bonchev–Trinajstić information content (AvgIpc) is 3.35. The normalized spacial score (nSPS) is 11.5. The van der Waals surface area contributed by atoms with Gasteiger partial charge in [0.05, 0.1) is 11.9 Å². The molecule has 31 heavy (non-hydrogen) atoms. The van der Waals surface area contributed by atoms with Crippen LogP contribution in [0, 0.1) is 0 Å². The van der Waals surface area contributed by atoms with Gasteiger partial charge in [0, 0.05) is 11.0 Å². The average molecular weight is 490 g/mol. The molecule has 0 radical (unpaired) electrons. The molecule has 2 aromatic heterocycles. The minimum Gasteiger partial charge on any atom is -0.378 e. The number of carbonyl (C=O) groups excluding carboxylic acids is 1. The highest BCUT2D eigenvalue weighted by Gasteiger charge is 2.25. The van der Waals surface area contributed by atoms with Crippen molar-refractivity contribution in [2.24, 2.45) is 5.10 Å². The fourth-order valence-corrected chi connectivity index (χ4v) is 3.27. The number of carbonyl (C=O) groups is 1. The van der Waals surface area contributed by atoms with Crippen molar-refractivity contribution in [3.8, 4) is 5.82 Å². The minimum absolute atomic E-state index is 0.0592. The lowest BCUT2D eigenvalue weighted by Gasteiger charge is -2.21.